The van der Waals surface area contributed by atoms with Gasteiger partial charge in [0.1, 0.15) is 0 Å². The van der Waals surface area contributed by atoms with E-state index in [1.165, 1.54) is 10.9 Å². The Bertz CT molecular complexity index is 1060. The van der Waals surface area contributed by atoms with Gasteiger partial charge in [-0.15, -0.1) is 0 Å². The molecule has 0 radical (unpaired) electrons. The first-order valence-electron chi connectivity index (χ1n) is 11.5. The second kappa shape index (κ2) is 10.4. The molecule has 4 rings (SSSR count). The van der Waals surface area contributed by atoms with Crippen molar-refractivity contribution in [3.8, 4) is 0 Å². The van der Waals surface area contributed by atoms with Crippen LogP contribution in [0, 0.1) is 12.8 Å². The van der Waals surface area contributed by atoms with E-state index in [0.717, 1.165) is 55.5 Å². The van der Waals surface area contributed by atoms with Gasteiger partial charge in [0.15, 0.2) is 0 Å². The summed E-state index contributed by atoms with van der Waals surface area (Å²) in [5, 5.41) is 7.07. The minimum Gasteiger partial charge on any atom is -0.361 e. The number of rotatable bonds is 7. The highest BCUT2D eigenvalue weighted by molar-refractivity contribution is 5.89. The van der Waals surface area contributed by atoms with Gasteiger partial charge in [0, 0.05) is 48.8 Å². The zero-order valence-electron chi connectivity index (χ0n) is 18.7. The summed E-state index contributed by atoms with van der Waals surface area (Å²) >= 11 is 0. The van der Waals surface area contributed by atoms with Crippen molar-refractivity contribution in [2.45, 2.75) is 39.0 Å². The van der Waals surface area contributed by atoms with Crippen molar-refractivity contribution in [1.29, 1.82) is 0 Å². The fourth-order valence-electron chi connectivity index (χ4n) is 4.43. The average molecular weight is 433 g/mol. The maximum Gasteiger partial charge on any atom is 0.319 e. The number of piperidine rings is 1. The first-order chi connectivity index (χ1) is 15.6. The molecular formula is C26H32N4O2. The Hall–Kier alpha value is -3.28. The van der Waals surface area contributed by atoms with Crippen molar-refractivity contribution >= 4 is 28.5 Å². The monoisotopic (exact) mass is 432 g/mol. The number of carbonyl (C=O) groups excluding carboxylic acids is 2. The number of fused-ring (bicyclic) bond motifs is 1. The van der Waals surface area contributed by atoms with Crippen LogP contribution >= 0.6 is 0 Å². The predicted octanol–water partition coefficient (Wildman–Crippen LogP) is 4.86. The lowest BCUT2D eigenvalue weighted by Gasteiger charge is -2.33. The molecule has 1 aromatic heterocycles. The molecule has 1 aliphatic heterocycles. The molecule has 2 heterocycles. The number of aryl methyl sites for hydroxylation is 2. The van der Waals surface area contributed by atoms with Crippen LogP contribution in [0.15, 0.2) is 54.7 Å². The summed E-state index contributed by atoms with van der Waals surface area (Å²) < 4.78 is 0. The Morgan fingerprint density at radius 2 is 1.94 bits per heavy atom. The van der Waals surface area contributed by atoms with Crippen LogP contribution in [0.4, 0.5) is 10.5 Å². The maximum atomic E-state index is 12.8. The van der Waals surface area contributed by atoms with Crippen LogP contribution in [0.5, 0.6) is 0 Å². The van der Waals surface area contributed by atoms with Gasteiger partial charge < -0.3 is 20.5 Å². The van der Waals surface area contributed by atoms with Crippen LogP contribution in [0.1, 0.15) is 36.8 Å². The van der Waals surface area contributed by atoms with E-state index in [-0.39, 0.29) is 11.9 Å². The molecule has 1 atom stereocenters. The van der Waals surface area contributed by atoms with E-state index in [2.05, 4.69) is 33.9 Å². The third kappa shape index (κ3) is 5.69. The fraction of sp³-hybridized carbons (Fsp3) is 0.385. The number of aromatic nitrogens is 1. The van der Waals surface area contributed by atoms with Crippen molar-refractivity contribution in [3.63, 3.8) is 0 Å². The van der Waals surface area contributed by atoms with Gasteiger partial charge >= 0.3 is 6.03 Å². The Morgan fingerprint density at radius 3 is 2.78 bits per heavy atom. The molecule has 0 saturated carbocycles. The molecule has 6 heteroatoms. The summed E-state index contributed by atoms with van der Waals surface area (Å²) in [6, 6.07) is 15.8. The van der Waals surface area contributed by atoms with Gasteiger partial charge in [-0.25, -0.2) is 4.79 Å². The molecule has 1 aliphatic rings. The molecule has 6 nitrogen and oxygen atoms in total. The van der Waals surface area contributed by atoms with Crippen molar-refractivity contribution < 1.29 is 9.59 Å². The summed E-state index contributed by atoms with van der Waals surface area (Å²) in [5.41, 5.74) is 4.36. The van der Waals surface area contributed by atoms with Gasteiger partial charge in [0.25, 0.3) is 0 Å². The lowest BCUT2D eigenvalue weighted by atomic mass is 9.97. The smallest absolute Gasteiger partial charge is 0.319 e. The Morgan fingerprint density at radius 1 is 1.12 bits per heavy atom. The van der Waals surface area contributed by atoms with E-state index in [1.54, 1.807) is 0 Å². The van der Waals surface area contributed by atoms with Crippen LogP contribution in [0.3, 0.4) is 0 Å². The molecule has 3 amide bonds. The number of anilines is 1. The second-order valence-corrected chi connectivity index (χ2v) is 8.76. The number of benzene rings is 2. The lowest BCUT2D eigenvalue weighted by molar-refractivity contribution is -0.133. The van der Waals surface area contributed by atoms with E-state index in [1.807, 2.05) is 48.2 Å². The van der Waals surface area contributed by atoms with Crippen molar-refractivity contribution in [2.75, 3.05) is 25.0 Å². The minimum atomic E-state index is -0.198. The van der Waals surface area contributed by atoms with Gasteiger partial charge in [-0.2, -0.15) is 0 Å². The molecule has 3 aromatic rings. The number of carbonyl (C=O) groups is 2. The van der Waals surface area contributed by atoms with Crippen molar-refractivity contribution in [1.82, 2.24) is 15.2 Å². The van der Waals surface area contributed by atoms with E-state index in [0.29, 0.717) is 18.9 Å². The van der Waals surface area contributed by atoms with Crippen LogP contribution in [0.25, 0.3) is 10.9 Å². The molecule has 0 spiro atoms. The van der Waals surface area contributed by atoms with E-state index >= 15 is 0 Å². The molecule has 168 valence electrons. The molecule has 0 aliphatic carbocycles. The summed E-state index contributed by atoms with van der Waals surface area (Å²) in [5.74, 6) is 0.517. The second-order valence-electron chi connectivity index (χ2n) is 8.76. The number of nitrogens with zero attached hydrogens (tertiary/aromatic N) is 1. The van der Waals surface area contributed by atoms with Gasteiger partial charge in [-0.05, 0) is 62.3 Å². The highest BCUT2D eigenvalue weighted by Gasteiger charge is 2.23. The van der Waals surface area contributed by atoms with E-state index in [9.17, 15) is 9.59 Å². The number of amides is 3. The fourth-order valence-corrected chi connectivity index (χ4v) is 4.43. The highest BCUT2D eigenvalue weighted by atomic mass is 16.2. The zero-order chi connectivity index (χ0) is 22.3. The van der Waals surface area contributed by atoms with Gasteiger partial charge in [-0.1, -0.05) is 35.9 Å². The summed E-state index contributed by atoms with van der Waals surface area (Å²) in [6.45, 7) is 4.13. The molecule has 32 heavy (non-hydrogen) atoms. The summed E-state index contributed by atoms with van der Waals surface area (Å²) in [6.07, 6.45) is 6.38. The molecule has 1 saturated heterocycles. The van der Waals surface area contributed by atoms with Gasteiger partial charge in [-0.3, -0.25) is 4.79 Å². The lowest BCUT2D eigenvalue weighted by Crippen LogP contribution is -2.44. The number of urea groups is 1. The first-order valence-corrected chi connectivity index (χ1v) is 11.5. The molecule has 1 fully saturated rings. The Balaban J connectivity index is 1.19. The zero-order valence-corrected chi connectivity index (χ0v) is 18.7. The number of H-pyrrole nitrogens is 1. The molecule has 0 bridgehead atoms. The molecule has 3 N–H and O–H groups in total. The minimum absolute atomic E-state index is 0.198. The number of likely N-dealkylation sites (tertiary alicyclic amines) is 1. The van der Waals surface area contributed by atoms with E-state index < -0.39 is 0 Å². The summed E-state index contributed by atoms with van der Waals surface area (Å²) in [4.78, 5) is 30.2. The average Bonchev–Trinajstić information content (AvgIpc) is 3.22. The third-order valence-corrected chi connectivity index (χ3v) is 6.24. The molecule has 2 aromatic carbocycles. The van der Waals surface area contributed by atoms with E-state index in [4.69, 9.17) is 0 Å². The van der Waals surface area contributed by atoms with Gasteiger partial charge in [0.05, 0.1) is 0 Å². The number of nitrogens with one attached hydrogen (secondary N) is 3. The SMILES string of the molecule is Cc1ccc(NC(=O)NCC2CCCN(C(=O)CCCc3c[nH]c4ccccc34)C2)cc1. The number of hydrogen-bond acceptors (Lipinski definition) is 2. The summed E-state index contributed by atoms with van der Waals surface area (Å²) in [7, 11) is 0. The van der Waals surface area contributed by atoms with Crippen LogP contribution in [-0.4, -0.2) is 41.5 Å². The maximum absolute atomic E-state index is 12.8. The Kier molecular flexibility index (Phi) is 7.10. The standard InChI is InChI=1S/C26H32N4O2/c1-19-11-13-22(14-12-19)29-26(32)28-16-20-6-5-15-30(18-20)25(31)10-4-7-21-17-27-24-9-3-2-8-23(21)24/h2-3,8-9,11-14,17,20,27H,4-7,10,15-16,18H2,1H3,(H2,28,29,32). The molecular weight excluding hydrogens is 400 g/mol. The van der Waals surface area contributed by atoms with Crippen LogP contribution in [-0.2, 0) is 11.2 Å². The Labute approximate surface area is 189 Å². The third-order valence-electron chi connectivity index (χ3n) is 6.24. The normalized spacial score (nSPS) is 16.2. The van der Waals surface area contributed by atoms with Crippen LogP contribution in [0.2, 0.25) is 0 Å². The van der Waals surface area contributed by atoms with Crippen LogP contribution < -0.4 is 10.6 Å². The number of para-hydroxylation sites is 1. The van der Waals surface area contributed by atoms with Gasteiger partial charge in [0.2, 0.25) is 5.91 Å². The first kappa shape index (κ1) is 21.9. The predicted molar refractivity (Wildman–Crippen MR) is 129 cm³/mol. The highest BCUT2D eigenvalue weighted by Crippen LogP contribution is 2.21. The number of aromatic amines is 1. The largest absolute Gasteiger partial charge is 0.361 e. The topological polar surface area (TPSA) is 77.2 Å². The number of hydrogen-bond donors (Lipinski definition) is 3. The van der Waals surface area contributed by atoms with Crippen molar-refractivity contribution in [3.05, 3.63) is 65.9 Å². The molecule has 1 unspecified atom stereocenters. The quantitative estimate of drug-likeness (QED) is 0.499. The van der Waals surface area contributed by atoms with Crippen molar-refractivity contribution in [2.24, 2.45) is 5.92 Å².